The first-order chi connectivity index (χ1) is 9.41. The average Bonchev–Trinajstić information content (AvgIpc) is 3.09. The first-order valence-corrected chi connectivity index (χ1v) is 6.89. The minimum Gasteiger partial charge on any atom is -0.384 e. The highest BCUT2D eigenvalue weighted by atomic mass is 35.5. The van der Waals surface area contributed by atoms with E-state index in [-0.39, 0.29) is 5.28 Å². The quantitative estimate of drug-likeness (QED) is 0.755. The van der Waals surface area contributed by atoms with E-state index in [1.54, 1.807) is 19.9 Å². The number of hydrogen-bond acceptors (Lipinski definition) is 5. The Bertz CT molecular complexity index is 630. The molecule has 0 aromatic carbocycles. The van der Waals surface area contributed by atoms with Crippen LogP contribution < -0.4 is 5.32 Å². The van der Waals surface area contributed by atoms with Crippen LogP contribution in [0.25, 0.3) is 0 Å². The number of aromatic nitrogens is 4. The fourth-order valence-electron chi connectivity index (χ4n) is 1.93. The van der Waals surface area contributed by atoms with Gasteiger partial charge in [0.15, 0.2) is 5.82 Å². The van der Waals surface area contributed by atoms with Crippen molar-refractivity contribution in [3.63, 3.8) is 0 Å². The molecule has 0 saturated heterocycles. The lowest BCUT2D eigenvalue weighted by atomic mass is 10.1. The van der Waals surface area contributed by atoms with Crippen molar-refractivity contribution < 1.29 is 5.11 Å². The van der Waals surface area contributed by atoms with Gasteiger partial charge in [-0.15, -0.1) is 0 Å². The van der Waals surface area contributed by atoms with Crippen LogP contribution in [-0.2, 0) is 5.60 Å². The van der Waals surface area contributed by atoms with Crippen LogP contribution in [0.3, 0.4) is 0 Å². The number of rotatable bonds is 4. The van der Waals surface area contributed by atoms with Crippen LogP contribution in [0, 0.1) is 0 Å². The lowest BCUT2D eigenvalue weighted by Crippen LogP contribution is -2.18. The summed E-state index contributed by atoms with van der Waals surface area (Å²) >= 11 is 5.89. The molecule has 106 valence electrons. The summed E-state index contributed by atoms with van der Waals surface area (Å²) in [6, 6.07) is 3.63. The van der Waals surface area contributed by atoms with Crippen molar-refractivity contribution in [2.45, 2.75) is 38.2 Å². The minimum absolute atomic E-state index is 0.0880. The molecule has 1 fully saturated rings. The van der Waals surface area contributed by atoms with Crippen LogP contribution in [-0.4, -0.2) is 25.3 Å². The summed E-state index contributed by atoms with van der Waals surface area (Å²) in [5.74, 6) is 1.80. The van der Waals surface area contributed by atoms with Crippen molar-refractivity contribution in [3.05, 3.63) is 28.8 Å². The normalized spacial score (nSPS) is 15.4. The molecule has 1 saturated carbocycles. The lowest BCUT2D eigenvalue weighted by molar-refractivity contribution is 0.0738. The van der Waals surface area contributed by atoms with E-state index in [4.69, 9.17) is 11.6 Å². The molecule has 2 aromatic heterocycles. The molecule has 1 aliphatic rings. The molecule has 0 atom stereocenters. The second-order valence-electron chi connectivity index (χ2n) is 5.57. The number of aromatic amines is 1. The Morgan fingerprint density at radius 1 is 1.30 bits per heavy atom. The van der Waals surface area contributed by atoms with Gasteiger partial charge in [-0.2, -0.15) is 5.10 Å². The number of aliphatic hydroxyl groups is 1. The van der Waals surface area contributed by atoms with Crippen molar-refractivity contribution in [3.8, 4) is 0 Å². The fraction of sp³-hybridized carbons (Fsp3) is 0.462. The number of nitrogens with one attached hydrogen (secondary N) is 2. The number of anilines is 2. The first-order valence-electron chi connectivity index (χ1n) is 6.51. The number of halogens is 1. The van der Waals surface area contributed by atoms with E-state index in [9.17, 15) is 5.11 Å². The van der Waals surface area contributed by atoms with E-state index < -0.39 is 5.60 Å². The van der Waals surface area contributed by atoms with Crippen LogP contribution in [0.2, 0.25) is 5.28 Å². The summed E-state index contributed by atoms with van der Waals surface area (Å²) in [5, 5.41) is 20.4. The second-order valence-corrected chi connectivity index (χ2v) is 5.91. The summed E-state index contributed by atoms with van der Waals surface area (Å²) in [6.45, 7) is 3.30. The Hall–Kier alpha value is -1.66. The van der Waals surface area contributed by atoms with E-state index in [0.29, 0.717) is 23.2 Å². The van der Waals surface area contributed by atoms with Crippen LogP contribution in [0.1, 0.15) is 44.0 Å². The van der Waals surface area contributed by atoms with Gasteiger partial charge in [0, 0.05) is 23.7 Å². The third-order valence-corrected chi connectivity index (χ3v) is 3.37. The highest BCUT2D eigenvalue weighted by molar-refractivity contribution is 6.28. The topological polar surface area (TPSA) is 86.7 Å². The maximum Gasteiger partial charge on any atom is 0.224 e. The molecule has 3 N–H and O–H groups in total. The molecule has 0 spiro atoms. The summed E-state index contributed by atoms with van der Waals surface area (Å²) < 4.78 is 0. The number of nitrogens with zero attached hydrogens (tertiary/aromatic N) is 3. The molecule has 0 unspecified atom stereocenters. The SMILES string of the molecule is CC(C)(O)c1cc(Nc2cc(C3CC3)[nH]n2)nc(Cl)n1. The molecular formula is C13H16ClN5O. The van der Waals surface area contributed by atoms with Gasteiger partial charge < -0.3 is 10.4 Å². The molecule has 7 heteroatoms. The molecule has 0 bridgehead atoms. The van der Waals surface area contributed by atoms with Gasteiger partial charge in [-0.1, -0.05) is 0 Å². The van der Waals surface area contributed by atoms with Crippen LogP contribution in [0.4, 0.5) is 11.6 Å². The molecule has 6 nitrogen and oxygen atoms in total. The van der Waals surface area contributed by atoms with Gasteiger partial charge in [0.05, 0.1) is 5.69 Å². The molecule has 2 heterocycles. The smallest absolute Gasteiger partial charge is 0.224 e. The largest absolute Gasteiger partial charge is 0.384 e. The lowest BCUT2D eigenvalue weighted by Gasteiger charge is -2.17. The highest BCUT2D eigenvalue weighted by Crippen LogP contribution is 2.39. The second kappa shape index (κ2) is 4.71. The van der Waals surface area contributed by atoms with Crippen LogP contribution >= 0.6 is 11.6 Å². The van der Waals surface area contributed by atoms with Crippen LogP contribution in [0.5, 0.6) is 0 Å². The Labute approximate surface area is 121 Å². The van der Waals surface area contributed by atoms with Gasteiger partial charge in [-0.05, 0) is 38.3 Å². The maximum atomic E-state index is 9.99. The zero-order valence-corrected chi connectivity index (χ0v) is 12.1. The van der Waals surface area contributed by atoms with Crippen molar-refractivity contribution in [1.82, 2.24) is 20.2 Å². The van der Waals surface area contributed by atoms with Gasteiger partial charge in [0.25, 0.3) is 0 Å². The van der Waals surface area contributed by atoms with E-state index in [2.05, 4.69) is 25.5 Å². The zero-order valence-electron chi connectivity index (χ0n) is 11.3. The van der Waals surface area contributed by atoms with Crippen LogP contribution in [0.15, 0.2) is 12.1 Å². The standard InChI is InChI=1S/C13H16ClN5O/c1-13(2,20)9-6-10(17-12(14)15-9)16-11-5-8(18-19-11)7-3-4-7/h5-7,20H,3-4H2,1-2H3,(H2,15,16,17,18,19). The van der Waals surface area contributed by atoms with Crippen molar-refractivity contribution in [2.75, 3.05) is 5.32 Å². The number of H-pyrrole nitrogens is 1. The Morgan fingerprint density at radius 3 is 2.70 bits per heavy atom. The summed E-state index contributed by atoms with van der Waals surface area (Å²) in [4.78, 5) is 8.12. The predicted octanol–water partition coefficient (Wildman–Crippen LogP) is 2.70. The molecule has 2 aromatic rings. The Kier molecular flexibility index (Phi) is 3.14. The van der Waals surface area contributed by atoms with Gasteiger partial charge in [-0.3, -0.25) is 5.10 Å². The fourth-order valence-corrected chi connectivity index (χ4v) is 2.11. The molecule has 0 aliphatic heterocycles. The molecular weight excluding hydrogens is 278 g/mol. The monoisotopic (exact) mass is 293 g/mol. The molecule has 20 heavy (non-hydrogen) atoms. The van der Waals surface area contributed by atoms with E-state index >= 15 is 0 Å². The highest BCUT2D eigenvalue weighted by Gasteiger charge is 2.25. The van der Waals surface area contributed by atoms with E-state index in [0.717, 1.165) is 5.69 Å². The third kappa shape index (κ3) is 2.91. The van der Waals surface area contributed by atoms with Gasteiger partial charge in [-0.25, -0.2) is 9.97 Å². The summed E-state index contributed by atoms with van der Waals surface area (Å²) in [5.41, 5.74) is 0.515. The van der Waals surface area contributed by atoms with Gasteiger partial charge in [0.1, 0.15) is 11.4 Å². The molecule has 0 radical (unpaired) electrons. The Balaban J connectivity index is 1.83. The number of hydrogen-bond donors (Lipinski definition) is 3. The van der Waals surface area contributed by atoms with Gasteiger partial charge in [0.2, 0.25) is 5.28 Å². The minimum atomic E-state index is -1.08. The van der Waals surface area contributed by atoms with E-state index in [1.165, 1.54) is 12.8 Å². The van der Waals surface area contributed by atoms with Crippen molar-refractivity contribution in [2.24, 2.45) is 0 Å². The third-order valence-electron chi connectivity index (χ3n) is 3.20. The zero-order chi connectivity index (χ0) is 14.3. The molecule has 1 aliphatic carbocycles. The average molecular weight is 294 g/mol. The molecule has 3 rings (SSSR count). The van der Waals surface area contributed by atoms with E-state index in [1.807, 2.05) is 6.07 Å². The molecule has 0 amide bonds. The van der Waals surface area contributed by atoms with Gasteiger partial charge >= 0.3 is 0 Å². The summed E-state index contributed by atoms with van der Waals surface area (Å²) in [6.07, 6.45) is 2.42. The van der Waals surface area contributed by atoms with Crippen molar-refractivity contribution in [1.29, 1.82) is 0 Å². The predicted molar refractivity (Wildman–Crippen MR) is 76.1 cm³/mol. The van der Waals surface area contributed by atoms with Crippen molar-refractivity contribution >= 4 is 23.2 Å². The summed E-state index contributed by atoms with van der Waals surface area (Å²) in [7, 11) is 0. The maximum absolute atomic E-state index is 9.99. The first kappa shape index (κ1) is 13.3. The Morgan fingerprint density at radius 2 is 2.05 bits per heavy atom.